The fourth-order valence-corrected chi connectivity index (χ4v) is 2.29. The Kier molecular flexibility index (Phi) is 6.31. The zero-order valence-corrected chi connectivity index (χ0v) is 12.6. The van der Waals surface area contributed by atoms with Crippen LogP contribution in [0.3, 0.4) is 0 Å². The van der Waals surface area contributed by atoms with Crippen LogP contribution in [0.1, 0.15) is 30.1 Å². The smallest absolute Gasteiger partial charge is 0.252 e. The van der Waals surface area contributed by atoms with Gasteiger partial charge in [-0.25, -0.2) is 0 Å². The van der Waals surface area contributed by atoms with Gasteiger partial charge in [0.25, 0.3) is 5.91 Å². The second-order valence-electron chi connectivity index (χ2n) is 3.67. The summed E-state index contributed by atoms with van der Waals surface area (Å²) in [6, 6.07) is 5.09. The second kappa shape index (κ2) is 7.24. The zero-order chi connectivity index (χ0) is 12.8. The quantitative estimate of drug-likeness (QED) is 0.799. The predicted octanol–water partition coefficient (Wildman–Crippen LogP) is 4.24. The van der Waals surface area contributed by atoms with Crippen molar-refractivity contribution in [3.05, 3.63) is 33.3 Å². The largest absolute Gasteiger partial charge is 0.352 e. The van der Waals surface area contributed by atoms with Crippen molar-refractivity contribution in [2.24, 2.45) is 0 Å². The van der Waals surface area contributed by atoms with E-state index in [0.29, 0.717) is 21.6 Å². The van der Waals surface area contributed by atoms with Gasteiger partial charge >= 0.3 is 0 Å². The van der Waals surface area contributed by atoms with Crippen LogP contribution in [-0.4, -0.2) is 17.8 Å². The Balaban J connectivity index is 2.52. The molecule has 5 heteroatoms. The lowest BCUT2D eigenvalue weighted by Crippen LogP contribution is -2.26. The van der Waals surface area contributed by atoms with Gasteiger partial charge in [-0.3, -0.25) is 4.79 Å². The molecule has 0 saturated carbocycles. The van der Waals surface area contributed by atoms with Crippen LogP contribution < -0.4 is 5.32 Å². The number of hydrogen-bond acceptors (Lipinski definition) is 1. The molecule has 17 heavy (non-hydrogen) atoms. The van der Waals surface area contributed by atoms with Gasteiger partial charge in [-0.05, 0) is 47.0 Å². The van der Waals surface area contributed by atoms with Crippen molar-refractivity contribution >= 4 is 45.0 Å². The van der Waals surface area contributed by atoms with Gasteiger partial charge < -0.3 is 5.32 Å². The van der Waals surface area contributed by atoms with E-state index in [2.05, 4.69) is 21.2 Å². The van der Waals surface area contributed by atoms with Crippen molar-refractivity contribution in [2.45, 2.75) is 25.1 Å². The molecule has 0 fully saturated rings. The first-order valence-electron chi connectivity index (χ1n) is 5.42. The summed E-state index contributed by atoms with van der Waals surface area (Å²) < 4.78 is 0.695. The molecule has 1 atom stereocenters. The Morgan fingerprint density at radius 2 is 2.24 bits per heavy atom. The Morgan fingerprint density at radius 1 is 1.53 bits per heavy atom. The normalized spacial score (nSPS) is 12.2. The Morgan fingerprint density at radius 3 is 2.82 bits per heavy atom. The van der Waals surface area contributed by atoms with E-state index in [1.807, 2.05) is 6.92 Å². The van der Waals surface area contributed by atoms with Gasteiger partial charge in [0.05, 0.1) is 5.56 Å². The number of nitrogens with one attached hydrogen (secondary N) is 1. The van der Waals surface area contributed by atoms with E-state index < -0.39 is 0 Å². The molecule has 0 bridgehead atoms. The first-order chi connectivity index (χ1) is 8.04. The summed E-state index contributed by atoms with van der Waals surface area (Å²) in [5.74, 6) is -0.117. The molecular weight excluding hydrogens is 325 g/mol. The number of benzene rings is 1. The summed E-state index contributed by atoms with van der Waals surface area (Å²) in [6.45, 7) is 2.60. The summed E-state index contributed by atoms with van der Waals surface area (Å²) in [6.07, 6.45) is 1.68. The van der Waals surface area contributed by atoms with Gasteiger partial charge in [0.15, 0.2) is 0 Å². The maximum Gasteiger partial charge on any atom is 0.252 e. The van der Waals surface area contributed by atoms with E-state index in [1.54, 1.807) is 18.2 Å². The molecule has 1 N–H and O–H groups in total. The molecule has 0 aromatic heterocycles. The van der Waals surface area contributed by atoms with Gasteiger partial charge in [-0.15, -0.1) is 11.6 Å². The van der Waals surface area contributed by atoms with E-state index in [1.165, 1.54) is 0 Å². The van der Waals surface area contributed by atoms with Crippen LogP contribution in [0.5, 0.6) is 0 Å². The molecule has 1 aromatic rings. The lowest BCUT2D eigenvalue weighted by atomic mass is 10.2. The van der Waals surface area contributed by atoms with Gasteiger partial charge in [0.1, 0.15) is 0 Å². The lowest BCUT2D eigenvalue weighted by molar-refractivity contribution is 0.0952. The predicted molar refractivity (Wildman–Crippen MR) is 76.0 cm³/mol. The minimum absolute atomic E-state index is 0.115. The minimum atomic E-state index is -0.117. The molecule has 1 rings (SSSR count). The molecule has 1 aromatic carbocycles. The van der Waals surface area contributed by atoms with Crippen molar-refractivity contribution in [1.82, 2.24) is 5.32 Å². The Hall–Kier alpha value is -0.250. The standard InChI is InChI=1S/C12H14BrCl2NO/c1-2-8(14)5-6-16-12(17)10-4-3-9(15)7-11(10)13/h3-4,7-8H,2,5-6H2,1H3,(H,16,17). The van der Waals surface area contributed by atoms with Crippen molar-refractivity contribution < 1.29 is 4.79 Å². The molecule has 1 amide bonds. The zero-order valence-electron chi connectivity index (χ0n) is 9.47. The highest BCUT2D eigenvalue weighted by molar-refractivity contribution is 9.10. The number of carbonyl (C=O) groups excluding carboxylic acids is 1. The average Bonchev–Trinajstić information content (AvgIpc) is 2.28. The summed E-state index contributed by atoms with van der Waals surface area (Å²) in [7, 11) is 0. The maximum absolute atomic E-state index is 11.8. The number of rotatable bonds is 5. The van der Waals surface area contributed by atoms with E-state index in [4.69, 9.17) is 23.2 Å². The number of carbonyl (C=O) groups is 1. The first-order valence-corrected chi connectivity index (χ1v) is 7.02. The monoisotopic (exact) mass is 337 g/mol. The highest BCUT2D eigenvalue weighted by Crippen LogP contribution is 2.21. The number of alkyl halides is 1. The number of hydrogen-bond donors (Lipinski definition) is 1. The van der Waals surface area contributed by atoms with Crippen molar-refractivity contribution in [2.75, 3.05) is 6.54 Å². The van der Waals surface area contributed by atoms with Gasteiger partial charge in [-0.2, -0.15) is 0 Å². The third kappa shape index (κ3) is 4.86. The minimum Gasteiger partial charge on any atom is -0.352 e. The molecule has 0 aliphatic heterocycles. The van der Waals surface area contributed by atoms with E-state index in [9.17, 15) is 4.79 Å². The van der Waals surface area contributed by atoms with Crippen molar-refractivity contribution in [3.63, 3.8) is 0 Å². The van der Waals surface area contributed by atoms with Crippen molar-refractivity contribution in [3.8, 4) is 0 Å². The van der Waals surface area contributed by atoms with Crippen LogP contribution in [0.15, 0.2) is 22.7 Å². The topological polar surface area (TPSA) is 29.1 Å². The van der Waals surface area contributed by atoms with Gasteiger partial charge in [0, 0.05) is 21.4 Å². The molecule has 0 heterocycles. The molecule has 0 aliphatic carbocycles. The van der Waals surface area contributed by atoms with E-state index >= 15 is 0 Å². The average molecular weight is 339 g/mol. The van der Waals surface area contributed by atoms with E-state index in [0.717, 1.165) is 12.8 Å². The van der Waals surface area contributed by atoms with Gasteiger partial charge in [0.2, 0.25) is 0 Å². The van der Waals surface area contributed by atoms with Gasteiger partial charge in [-0.1, -0.05) is 18.5 Å². The molecular formula is C12H14BrCl2NO. The highest BCUT2D eigenvalue weighted by Gasteiger charge is 2.10. The SMILES string of the molecule is CCC(Cl)CCNC(=O)c1ccc(Cl)cc1Br. The van der Waals surface area contributed by atoms with Crippen LogP contribution in [0, 0.1) is 0 Å². The summed E-state index contributed by atoms with van der Waals surface area (Å²) in [4.78, 5) is 11.8. The summed E-state index contributed by atoms with van der Waals surface area (Å²) >= 11 is 15.1. The fourth-order valence-electron chi connectivity index (χ4n) is 1.32. The summed E-state index contributed by atoms with van der Waals surface area (Å²) in [5.41, 5.74) is 0.581. The number of halogens is 3. The maximum atomic E-state index is 11.8. The second-order valence-corrected chi connectivity index (χ2v) is 5.58. The molecule has 0 radical (unpaired) electrons. The number of amides is 1. The summed E-state index contributed by atoms with van der Waals surface area (Å²) in [5, 5.41) is 3.54. The third-order valence-electron chi connectivity index (χ3n) is 2.36. The lowest BCUT2D eigenvalue weighted by Gasteiger charge is -2.09. The molecule has 0 spiro atoms. The first kappa shape index (κ1) is 14.8. The van der Waals surface area contributed by atoms with Crippen LogP contribution in [0.25, 0.3) is 0 Å². The molecule has 1 unspecified atom stereocenters. The van der Waals surface area contributed by atoms with Crippen LogP contribution in [-0.2, 0) is 0 Å². The van der Waals surface area contributed by atoms with Crippen LogP contribution in [0.2, 0.25) is 5.02 Å². The Labute approximate surface area is 120 Å². The van der Waals surface area contributed by atoms with Crippen LogP contribution in [0.4, 0.5) is 0 Å². The molecule has 2 nitrogen and oxygen atoms in total. The van der Waals surface area contributed by atoms with Crippen molar-refractivity contribution in [1.29, 1.82) is 0 Å². The highest BCUT2D eigenvalue weighted by atomic mass is 79.9. The third-order valence-corrected chi connectivity index (χ3v) is 3.78. The molecule has 0 aliphatic rings. The molecule has 0 saturated heterocycles. The fraction of sp³-hybridized carbons (Fsp3) is 0.417. The van der Waals surface area contributed by atoms with E-state index in [-0.39, 0.29) is 11.3 Å². The Bertz CT molecular complexity index is 398. The van der Waals surface area contributed by atoms with Crippen LogP contribution >= 0.6 is 39.1 Å². The molecule has 94 valence electrons.